The second-order valence-corrected chi connectivity index (χ2v) is 9.31. The molecule has 0 saturated carbocycles. The molecule has 3 aromatic rings. The number of amides is 1. The highest BCUT2D eigenvalue weighted by Crippen LogP contribution is 2.24. The molecule has 1 saturated heterocycles. The number of imidazole rings is 1. The molecule has 0 bridgehead atoms. The summed E-state index contributed by atoms with van der Waals surface area (Å²) in [5.41, 5.74) is 1.86. The first-order valence-electron chi connectivity index (χ1n) is 11.2. The number of piperidine rings is 1. The van der Waals surface area contributed by atoms with Gasteiger partial charge in [0.05, 0.1) is 23.6 Å². The molecule has 0 radical (unpaired) electrons. The lowest BCUT2D eigenvalue weighted by Gasteiger charge is -2.36. The molecule has 2 heterocycles. The number of rotatable bonds is 5. The van der Waals surface area contributed by atoms with Gasteiger partial charge in [0.2, 0.25) is 5.95 Å². The van der Waals surface area contributed by atoms with Gasteiger partial charge in [0.25, 0.3) is 0 Å². The van der Waals surface area contributed by atoms with Crippen LogP contribution in [0.25, 0.3) is 11.0 Å². The van der Waals surface area contributed by atoms with E-state index in [2.05, 4.69) is 5.32 Å². The summed E-state index contributed by atoms with van der Waals surface area (Å²) in [4.78, 5) is 19.3. The minimum atomic E-state index is -0.528. The zero-order chi connectivity index (χ0) is 22.7. The van der Waals surface area contributed by atoms with Crippen molar-refractivity contribution in [3.8, 4) is 0 Å². The van der Waals surface area contributed by atoms with E-state index in [0.29, 0.717) is 31.1 Å². The summed E-state index contributed by atoms with van der Waals surface area (Å²) in [6.07, 6.45) is 2.67. The second-order valence-electron chi connectivity index (χ2n) is 9.31. The quantitative estimate of drug-likeness (QED) is 0.577. The van der Waals surface area contributed by atoms with E-state index >= 15 is 0 Å². The number of aromatic nitrogens is 2. The van der Waals surface area contributed by atoms with Crippen LogP contribution in [0.3, 0.4) is 0 Å². The third kappa shape index (κ3) is 5.03. The van der Waals surface area contributed by atoms with E-state index in [0.717, 1.165) is 30.3 Å². The van der Waals surface area contributed by atoms with Gasteiger partial charge in [-0.2, -0.15) is 0 Å². The van der Waals surface area contributed by atoms with Gasteiger partial charge in [-0.1, -0.05) is 30.3 Å². The van der Waals surface area contributed by atoms with Crippen molar-refractivity contribution in [1.82, 2.24) is 14.5 Å². The first kappa shape index (κ1) is 22.1. The van der Waals surface area contributed by atoms with E-state index in [-0.39, 0.29) is 18.0 Å². The van der Waals surface area contributed by atoms with Crippen LogP contribution in [0.4, 0.5) is 15.1 Å². The van der Waals surface area contributed by atoms with Gasteiger partial charge in [0.15, 0.2) is 0 Å². The van der Waals surface area contributed by atoms with E-state index in [1.54, 1.807) is 12.1 Å². The minimum Gasteiger partial charge on any atom is -0.444 e. The molecule has 1 fully saturated rings. The molecule has 6 nitrogen and oxygen atoms in total. The molecule has 170 valence electrons. The number of nitrogens with one attached hydrogen (secondary N) is 1. The molecule has 1 N–H and O–H groups in total. The zero-order valence-corrected chi connectivity index (χ0v) is 19.0. The standard InChI is InChI=1S/C25H31FN4O2/c1-25(2,3)32-24(31)29-15-9-8-11-19(29)16-27-23-28-21-13-6-7-14-22(21)30(23)17-18-10-4-5-12-20(18)26/h4-7,10,12-14,19H,8-9,11,15-17H2,1-3H3,(H,27,28)/t19-/m0/s1. The number of hydrogen-bond donors (Lipinski definition) is 1. The maximum absolute atomic E-state index is 14.4. The van der Waals surface area contributed by atoms with Crippen molar-refractivity contribution in [2.75, 3.05) is 18.4 Å². The summed E-state index contributed by atoms with van der Waals surface area (Å²) >= 11 is 0. The number of halogens is 1. The summed E-state index contributed by atoms with van der Waals surface area (Å²) < 4.78 is 22.0. The number of hydrogen-bond acceptors (Lipinski definition) is 4. The number of carbonyl (C=O) groups excluding carboxylic acids is 1. The Bertz CT molecular complexity index is 1090. The van der Waals surface area contributed by atoms with Gasteiger partial charge in [0, 0.05) is 18.7 Å². The largest absolute Gasteiger partial charge is 0.444 e. The van der Waals surface area contributed by atoms with E-state index < -0.39 is 5.60 Å². The van der Waals surface area contributed by atoms with Crippen LogP contribution in [0.1, 0.15) is 45.6 Å². The van der Waals surface area contributed by atoms with Gasteiger partial charge in [0.1, 0.15) is 11.4 Å². The second kappa shape index (κ2) is 9.18. The van der Waals surface area contributed by atoms with Crippen LogP contribution in [0.5, 0.6) is 0 Å². The third-order valence-corrected chi connectivity index (χ3v) is 5.69. The Morgan fingerprint density at radius 1 is 1.16 bits per heavy atom. The van der Waals surface area contributed by atoms with Crippen LogP contribution in [0.15, 0.2) is 48.5 Å². The molecule has 2 aromatic carbocycles. The fourth-order valence-corrected chi connectivity index (χ4v) is 4.15. The Labute approximate surface area is 188 Å². The molecule has 32 heavy (non-hydrogen) atoms. The van der Waals surface area contributed by atoms with Crippen LogP contribution in [-0.4, -0.2) is 45.3 Å². The highest BCUT2D eigenvalue weighted by atomic mass is 19.1. The van der Waals surface area contributed by atoms with E-state index in [4.69, 9.17) is 9.72 Å². The lowest BCUT2D eigenvalue weighted by Crippen LogP contribution is -2.49. The number of ether oxygens (including phenoxy) is 1. The number of nitrogens with zero attached hydrogens (tertiary/aromatic N) is 3. The van der Waals surface area contributed by atoms with Crippen molar-refractivity contribution in [1.29, 1.82) is 0 Å². The van der Waals surface area contributed by atoms with Gasteiger partial charge < -0.3 is 19.5 Å². The molecule has 1 atom stereocenters. The Hall–Kier alpha value is -3.09. The van der Waals surface area contributed by atoms with Crippen molar-refractivity contribution < 1.29 is 13.9 Å². The van der Waals surface area contributed by atoms with Crippen LogP contribution in [0, 0.1) is 5.82 Å². The van der Waals surface area contributed by atoms with Gasteiger partial charge in [-0.25, -0.2) is 14.2 Å². The van der Waals surface area contributed by atoms with Gasteiger partial charge in [-0.3, -0.25) is 0 Å². The maximum Gasteiger partial charge on any atom is 0.410 e. The molecule has 4 rings (SSSR count). The monoisotopic (exact) mass is 438 g/mol. The van der Waals surface area contributed by atoms with E-state index in [1.807, 2.05) is 60.6 Å². The highest BCUT2D eigenvalue weighted by molar-refractivity contribution is 5.78. The molecular weight excluding hydrogens is 407 g/mol. The predicted octanol–water partition coefficient (Wildman–Crippen LogP) is 5.43. The first-order valence-corrected chi connectivity index (χ1v) is 11.2. The molecule has 1 amide bonds. The van der Waals surface area contributed by atoms with E-state index in [1.165, 1.54) is 6.07 Å². The SMILES string of the molecule is CC(C)(C)OC(=O)N1CCCC[C@H]1CNc1nc2ccccc2n1Cc1ccccc1F. The third-order valence-electron chi connectivity index (χ3n) is 5.69. The van der Waals surface area contributed by atoms with Crippen LogP contribution >= 0.6 is 0 Å². The molecule has 0 spiro atoms. The predicted molar refractivity (Wildman–Crippen MR) is 124 cm³/mol. The van der Waals surface area contributed by atoms with Crippen molar-refractivity contribution in [2.45, 2.75) is 58.2 Å². The Balaban J connectivity index is 1.56. The van der Waals surface area contributed by atoms with Gasteiger partial charge in [-0.15, -0.1) is 0 Å². The summed E-state index contributed by atoms with van der Waals surface area (Å²) in [7, 11) is 0. The first-order chi connectivity index (χ1) is 15.3. The van der Waals surface area contributed by atoms with Crippen molar-refractivity contribution in [3.05, 3.63) is 59.9 Å². The molecule has 0 aliphatic carbocycles. The Morgan fingerprint density at radius 2 is 1.91 bits per heavy atom. The molecule has 1 aliphatic rings. The number of carbonyl (C=O) groups is 1. The molecule has 0 unspecified atom stereocenters. The summed E-state index contributed by atoms with van der Waals surface area (Å²) in [6, 6.07) is 14.6. The molecule has 1 aromatic heterocycles. The average molecular weight is 439 g/mol. The summed E-state index contributed by atoms with van der Waals surface area (Å²) in [5.74, 6) is 0.434. The average Bonchev–Trinajstić information content (AvgIpc) is 3.10. The van der Waals surface area contributed by atoms with Gasteiger partial charge in [-0.05, 0) is 58.2 Å². The number of fused-ring (bicyclic) bond motifs is 1. The van der Waals surface area contributed by atoms with Crippen LogP contribution < -0.4 is 5.32 Å². The molecule has 1 aliphatic heterocycles. The fourth-order valence-electron chi connectivity index (χ4n) is 4.15. The smallest absolute Gasteiger partial charge is 0.410 e. The Morgan fingerprint density at radius 3 is 2.69 bits per heavy atom. The number of benzene rings is 2. The Kier molecular flexibility index (Phi) is 6.35. The maximum atomic E-state index is 14.4. The van der Waals surface area contributed by atoms with E-state index in [9.17, 15) is 9.18 Å². The normalized spacial score (nSPS) is 16.9. The zero-order valence-electron chi connectivity index (χ0n) is 19.0. The molecular formula is C25H31FN4O2. The van der Waals surface area contributed by atoms with Crippen LogP contribution in [-0.2, 0) is 11.3 Å². The minimum absolute atomic E-state index is 0.0142. The molecule has 7 heteroatoms. The van der Waals surface area contributed by atoms with Crippen molar-refractivity contribution >= 4 is 23.1 Å². The number of anilines is 1. The van der Waals surface area contributed by atoms with Crippen molar-refractivity contribution in [3.63, 3.8) is 0 Å². The number of likely N-dealkylation sites (tertiary alicyclic amines) is 1. The highest BCUT2D eigenvalue weighted by Gasteiger charge is 2.30. The lowest BCUT2D eigenvalue weighted by molar-refractivity contribution is 0.0114. The summed E-state index contributed by atoms with van der Waals surface area (Å²) in [6.45, 7) is 7.26. The topological polar surface area (TPSA) is 59.4 Å². The van der Waals surface area contributed by atoms with Crippen molar-refractivity contribution in [2.24, 2.45) is 0 Å². The van der Waals surface area contributed by atoms with Gasteiger partial charge >= 0.3 is 6.09 Å². The fraction of sp³-hybridized carbons (Fsp3) is 0.440. The van der Waals surface area contributed by atoms with Crippen LogP contribution in [0.2, 0.25) is 0 Å². The number of para-hydroxylation sites is 2. The lowest BCUT2D eigenvalue weighted by atomic mass is 10.0. The summed E-state index contributed by atoms with van der Waals surface area (Å²) in [5, 5.41) is 3.44.